The van der Waals surface area contributed by atoms with Gasteiger partial charge in [0.25, 0.3) is 0 Å². The minimum atomic E-state index is -0.297. The van der Waals surface area contributed by atoms with E-state index in [4.69, 9.17) is 16.3 Å². The molecule has 1 aromatic carbocycles. The number of para-hydroxylation sites is 1. The summed E-state index contributed by atoms with van der Waals surface area (Å²) in [6.07, 6.45) is 0.0508. The SMILES string of the molecule is CC(C)OC(=O)CCNC(=O)N1CCN(c2ccccc2Cl)CC1. The summed E-state index contributed by atoms with van der Waals surface area (Å²) in [5.74, 6) is -0.297. The normalized spacial score (nSPS) is 14.7. The number of carbonyl (C=O) groups is 2. The maximum absolute atomic E-state index is 12.1. The van der Waals surface area contributed by atoms with E-state index in [1.54, 1.807) is 18.7 Å². The van der Waals surface area contributed by atoms with E-state index in [9.17, 15) is 9.59 Å². The average Bonchev–Trinajstić information content (AvgIpc) is 2.54. The zero-order valence-electron chi connectivity index (χ0n) is 14.1. The third kappa shape index (κ3) is 5.30. The van der Waals surface area contributed by atoms with Gasteiger partial charge in [0.15, 0.2) is 0 Å². The quantitative estimate of drug-likeness (QED) is 0.826. The van der Waals surface area contributed by atoms with Crippen LogP contribution in [0.5, 0.6) is 0 Å². The number of amides is 2. The van der Waals surface area contributed by atoms with Crippen molar-refractivity contribution in [3.05, 3.63) is 29.3 Å². The van der Waals surface area contributed by atoms with Crippen molar-refractivity contribution in [1.29, 1.82) is 0 Å². The Labute approximate surface area is 147 Å². The van der Waals surface area contributed by atoms with Crippen molar-refractivity contribution >= 4 is 29.3 Å². The van der Waals surface area contributed by atoms with Crippen molar-refractivity contribution in [2.75, 3.05) is 37.6 Å². The Hall–Kier alpha value is -1.95. The molecule has 0 aliphatic carbocycles. The number of ether oxygens (including phenoxy) is 1. The molecule has 2 rings (SSSR count). The number of hydrogen-bond acceptors (Lipinski definition) is 4. The number of carbonyl (C=O) groups excluding carboxylic acids is 2. The molecule has 1 aromatic rings. The van der Waals surface area contributed by atoms with Gasteiger partial charge in [0.2, 0.25) is 0 Å². The standard InChI is InChI=1S/C17H24ClN3O3/c1-13(2)24-16(22)7-8-19-17(23)21-11-9-20(10-12-21)15-6-4-3-5-14(15)18/h3-6,13H,7-12H2,1-2H3,(H,19,23). The number of nitrogens with one attached hydrogen (secondary N) is 1. The maximum atomic E-state index is 12.1. The summed E-state index contributed by atoms with van der Waals surface area (Å²) in [6, 6.07) is 7.56. The number of anilines is 1. The van der Waals surface area contributed by atoms with Gasteiger partial charge in [0.1, 0.15) is 0 Å². The zero-order valence-corrected chi connectivity index (χ0v) is 14.9. The van der Waals surface area contributed by atoms with Gasteiger partial charge in [-0.15, -0.1) is 0 Å². The lowest BCUT2D eigenvalue weighted by atomic mass is 10.2. The number of esters is 1. The largest absolute Gasteiger partial charge is 0.463 e. The van der Waals surface area contributed by atoms with E-state index in [1.807, 2.05) is 24.3 Å². The second-order valence-corrected chi connectivity index (χ2v) is 6.35. The molecular weight excluding hydrogens is 330 g/mol. The number of hydrogen-bond donors (Lipinski definition) is 1. The summed E-state index contributed by atoms with van der Waals surface area (Å²) >= 11 is 6.21. The number of rotatable bonds is 5. The fourth-order valence-corrected chi connectivity index (χ4v) is 2.82. The van der Waals surface area contributed by atoms with Crippen LogP contribution in [0.1, 0.15) is 20.3 Å². The Morgan fingerprint density at radius 1 is 1.21 bits per heavy atom. The van der Waals surface area contributed by atoms with Crippen LogP contribution in [0.3, 0.4) is 0 Å². The molecule has 0 atom stereocenters. The Morgan fingerprint density at radius 2 is 1.88 bits per heavy atom. The molecular formula is C17H24ClN3O3. The summed E-state index contributed by atoms with van der Waals surface area (Å²) < 4.78 is 5.03. The number of nitrogens with zero attached hydrogens (tertiary/aromatic N) is 2. The van der Waals surface area contributed by atoms with Crippen LogP contribution >= 0.6 is 11.6 Å². The van der Waals surface area contributed by atoms with Crippen LogP contribution in [-0.4, -0.2) is 55.7 Å². The lowest BCUT2D eigenvalue weighted by molar-refractivity contribution is -0.147. The zero-order chi connectivity index (χ0) is 17.5. The summed E-state index contributed by atoms with van der Waals surface area (Å²) in [6.45, 7) is 6.58. The molecule has 2 amide bonds. The molecule has 7 heteroatoms. The number of piperazine rings is 1. The number of benzene rings is 1. The molecule has 132 valence electrons. The highest BCUT2D eigenvalue weighted by Gasteiger charge is 2.22. The smallest absolute Gasteiger partial charge is 0.317 e. The van der Waals surface area contributed by atoms with Crippen LogP contribution in [0.15, 0.2) is 24.3 Å². The van der Waals surface area contributed by atoms with E-state index in [0.717, 1.165) is 23.8 Å². The first kappa shape index (κ1) is 18.4. The molecule has 0 bridgehead atoms. The maximum Gasteiger partial charge on any atom is 0.317 e. The van der Waals surface area contributed by atoms with Crippen molar-refractivity contribution in [3.63, 3.8) is 0 Å². The van der Waals surface area contributed by atoms with Gasteiger partial charge in [-0.2, -0.15) is 0 Å². The second-order valence-electron chi connectivity index (χ2n) is 5.95. The van der Waals surface area contributed by atoms with Crippen molar-refractivity contribution < 1.29 is 14.3 Å². The van der Waals surface area contributed by atoms with E-state index in [1.165, 1.54) is 0 Å². The Kier molecular flexibility index (Phi) is 6.73. The molecule has 0 radical (unpaired) electrons. The topological polar surface area (TPSA) is 61.9 Å². The predicted octanol–water partition coefficient (Wildman–Crippen LogP) is 2.51. The minimum absolute atomic E-state index is 0.133. The van der Waals surface area contributed by atoms with E-state index in [-0.39, 0.29) is 31.1 Å². The predicted molar refractivity (Wildman–Crippen MR) is 94.5 cm³/mol. The van der Waals surface area contributed by atoms with Gasteiger partial charge < -0.3 is 19.9 Å². The fraction of sp³-hybridized carbons (Fsp3) is 0.529. The summed E-state index contributed by atoms with van der Waals surface area (Å²) in [5, 5.41) is 3.49. The van der Waals surface area contributed by atoms with Crippen LogP contribution in [-0.2, 0) is 9.53 Å². The number of urea groups is 1. The highest BCUT2D eigenvalue weighted by Crippen LogP contribution is 2.25. The van der Waals surface area contributed by atoms with Gasteiger partial charge in [-0.05, 0) is 26.0 Å². The third-order valence-electron chi connectivity index (χ3n) is 3.73. The molecule has 1 aliphatic rings. The molecule has 1 aliphatic heterocycles. The van der Waals surface area contributed by atoms with E-state index in [2.05, 4.69) is 10.2 Å². The summed E-state index contributed by atoms with van der Waals surface area (Å²) in [7, 11) is 0. The summed E-state index contributed by atoms with van der Waals surface area (Å²) in [4.78, 5) is 27.5. The molecule has 1 N–H and O–H groups in total. The van der Waals surface area contributed by atoms with Crippen LogP contribution < -0.4 is 10.2 Å². The molecule has 1 heterocycles. The lowest BCUT2D eigenvalue weighted by Crippen LogP contribution is -2.52. The lowest BCUT2D eigenvalue weighted by Gasteiger charge is -2.36. The van der Waals surface area contributed by atoms with Crippen LogP contribution in [0.2, 0.25) is 5.02 Å². The highest BCUT2D eigenvalue weighted by molar-refractivity contribution is 6.33. The number of halogens is 1. The van der Waals surface area contributed by atoms with E-state index in [0.29, 0.717) is 13.1 Å². The Morgan fingerprint density at radius 3 is 2.50 bits per heavy atom. The van der Waals surface area contributed by atoms with Gasteiger partial charge in [-0.1, -0.05) is 23.7 Å². The van der Waals surface area contributed by atoms with Crippen molar-refractivity contribution in [2.24, 2.45) is 0 Å². The molecule has 0 saturated carbocycles. The average molecular weight is 354 g/mol. The van der Waals surface area contributed by atoms with Crippen molar-refractivity contribution in [1.82, 2.24) is 10.2 Å². The minimum Gasteiger partial charge on any atom is -0.463 e. The second kappa shape index (κ2) is 8.78. The Balaban J connectivity index is 1.73. The first-order valence-corrected chi connectivity index (χ1v) is 8.57. The monoisotopic (exact) mass is 353 g/mol. The first-order valence-electron chi connectivity index (χ1n) is 8.19. The molecule has 1 saturated heterocycles. The third-order valence-corrected chi connectivity index (χ3v) is 4.05. The molecule has 0 spiro atoms. The van der Waals surface area contributed by atoms with Gasteiger partial charge in [0.05, 0.1) is 23.2 Å². The van der Waals surface area contributed by atoms with Gasteiger partial charge in [-0.25, -0.2) is 4.79 Å². The van der Waals surface area contributed by atoms with E-state index < -0.39 is 0 Å². The first-order chi connectivity index (χ1) is 11.5. The molecule has 6 nitrogen and oxygen atoms in total. The molecule has 24 heavy (non-hydrogen) atoms. The van der Waals surface area contributed by atoms with Gasteiger partial charge >= 0.3 is 12.0 Å². The van der Waals surface area contributed by atoms with Crippen LogP contribution in [0.4, 0.5) is 10.5 Å². The van der Waals surface area contributed by atoms with Crippen LogP contribution in [0, 0.1) is 0 Å². The summed E-state index contributed by atoms with van der Waals surface area (Å²) in [5.41, 5.74) is 0.996. The van der Waals surface area contributed by atoms with E-state index >= 15 is 0 Å². The Bertz CT molecular complexity index is 572. The van der Waals surface area contributed by atoms with Crippen molar-refractivity contribution in [2.45, 2.75) is 26.4 Å². The molecule has 0 unspecified atom stereocenters. The van der Waals surface area contributed by atoms with Gasteiger partial charge in [-0.3, -0.25) is 4.79 Å². The highest BCUT2D eigenvalue weighted by atomic mass is 35.5. The van der Waals surface area contributed by atoms with Crippen molar-refractivity contribution in [3.8, 4) is 0 Å². The fourth-order valence-electron chi connectivity index (χ4n) is 2.56. The molecule has 1 fully saturated rings. The van der Waals surface area contributed by atoms with Gasteiger partial charge in [0, 0.05) is 32.7 Å². The van der Waals surface area contributed by atoms with Crippen LogP contribution in [0.25, 0.3) is 0 Å². The molecule has 0 aromatic heterocycles.